The smallest absolute Gasteiger partial charge is 0.143 e. The van der Waals surface area contributed by atoms with Gasteiger partial charge in [-0.05, 0) is 70.6 Å². The van der Waals surface area contributed by atoms with Crippen LogP contribution in [-0.2, 0) is 0 Å². The molecule has 0 atom stereocenters. The zero-order chi connectivity index (χ0) is 32.3. The molecule has 0 aliphatic rings. The predicted molar refractivity (Wildman–Crippen MR) is 210 cm³/mol. The Morgan fingerprint density at radius 3 is 2.02 bits per heavy atom. The zero-order valence-electron chi connectivity index (χ0n) is 26.5. The number of anilines is 3. The van der Waals surface area contributed by atoms with Crippen molar-refractivity contribution in [2.75, 3.05) is 4.90 Å². The minimum atomic E-state index is 0.914. The number of para-hydroxylation sites is 3. The molecule has 0 saturated carbocycles. The standard InChI is InChI=1S/C46H29NOS/c1-3-11-30(12-4-1)33-24-28-43-40(29-33)39-27-23-32-13-9-19-41(44(32)46(39)49-43)47(34-14-5-2-6-15-34)35-25-21-31(22-26-35)36-17-10-18-38-37-16-7-8-20-42(37)48-45(36)38/h1-29H. The number of nitrogens with zero attached hydrogens (tertiary/aromatic N) is 1. The summed E-state index contributed by atoms with van der Waals surface area (Å²) in [5.74, 6) is 0. The van der Waals surface area contributed by atoms with Crippen molar-refractivity contribution in [3.8, 4) is 22.3 Å². The fourth-order valence-corrected chi connectivity index (χ4v) is 8.60. The second kappa shape index (κ2) is 11.2. The summed E-state index contributed by atoms with van der Waals surface area (Å²) in [6, 6.07) is 63.1. The molecule has 0 fully saturated rings. The highest BCUT2D eigenvalue weighted by Gasteiger charge is 2.20. The van der Waals surface area contributed by atoms with Crippen molar-refractivity contribution in [1.82, 2.24) is 0 Å². The van der Waals surface area contributed by atoms with E-state index < -0.39 is 0 Å². The van der Waals surface area contributed by atoms with Gasteiger partial charge < -0.3 is 9.32 Å². The second-order valence-electron chi connectivity index (χ2n) is 12.5. The van der Waals surface area contributed by atoms with Gasteiger partial charge in [0, 0.05) is 53.3 Å². The molecular weight excluding hydrogens is 615 g/mol. The summed E-state index contributed by atoms with van der Waals surface area (Å²) in [6.45, 7) is 0. The molecular formula is C46H29NOS. The van der Waals surface area contributed by atoms with Crippen LogP contribution in [0.4, 0.5) is 17.1 Å². The largest absolute Gasteiger partial charge is 0.455 e. The summed E-state index contributed by atoms with van der Waals surface area (Å²) in [5, 5.41) is 7.37. The maximum absolute atomic E-state index is 6.39. The molecule has 0 N–H and O–H groups in total. The van der Waals surface area contributed by atoms with E-state index in [1.54, 1.807) is 0 Å². The Kier molecular flexibility index (Phi) is 6.39. The van der Waals surface area contributed by atoms with Crippen LogP contribution in [0.5, 0.6) is 0 Å². The average Bonchev–Trinajstić information content (AvgIpc) is 3.74. The fourth-order valence-electron chi connectivity index (χ4n) is 7.35. The average molecular weight is 644 g/mol. The molecule has 3 heteroatoms. The van der Waals surface area contributed by atoms with Crippen LogP contribution in [0, 0.1) is 0 Å². The summed E-state index contributed by atoms with van der Waals surface area (Å²) in [4.78, 5) is 2.40. The molecule has 0 bridgehead atoms. The van der Waals surface area contributed by atoms with Crippen LogP contribution in [-0.4, -0.2) is 0 Å². The predicted octanol–water partition coefficient (Wildman–Crippen LogP) is 13.9. The minimum absolute atomic E-state index is 0.914. The lowest BCUT2D eigenvalue weighted by Gasteiger charge is -2.27. The van der Waals surface area contributed by atoms with Crippen molar-refractivity contribution in [3.63, 3.8) is 0 Å². The second-order valence-corrected chi connectivity index (χ2v) is 13.5. The minimum Gasteiger partial charge on any atom is -0.455 e. The van der Waals surface area contributed by atoms with E-state index >= 15 is 0 Å². The van der Waals surface area contributed by atoms with E-state index in [9.17, 15) is 0 Å². The van der Waals surface area contributed by atoms with Gasteiger partial charge in [0.2, 0.25) is 0 Å². The number of thiophene rings is 1. The maximum atomic E-state index is 6.39. The number of benzene rings is 8. The van der Waals surface area contributed by atoms with Gasteiger partial charge in [0.05, 0.1) is 5.69 Å². The Bertz CT molecular complexity index is 2810. The third-order valence-corrected chi connectivity index (χ3v) is 10.9. The van der Waals surface area contributed by atoms with E-state index in [1.807, 2.05) is 23.5 Å². The highest BCUT2D eigenvalue weighted by molar-refractivity contribution is 7.26. The van der Waals surface area contributed by atoms with Crippen molar-refractivity contribution < 1.29 is 4.42 Å². The van der Waals surface area contributed by atoms with Crippen molar-refractivity contribution in [2.45, 2.75) is 0 Å². The van der Waals surface area contributed by atoms with E-state index in [-0.39, 0.29) is 0 Å². The van der Waals surface area contributed by atoms with Crippen LogP contribution in [0.1, 0.15) is 0 Å². The number of rotatable bonds is 5. The molecule has 0 spiro atoms. The van der Waals surface area contributed by atoms with Gasteiger partial charge in [-0.15, -0.1) is 11.3 Å². The maximum Gasteiger partial charge on any atom is 0.143 e. The van der Waals surface area contributed by atoms with Crippen LogP contribution in [0.25, 0.3) is 75.1 Å². The third-order valence-electron chi connectivity index (χ3n) is 9.66. The van der Waals surface area contributed by atoms with Gasteiger partial charge in [0.1, 0.15) is 11.2 Å². The zero-order valence-corrected chi connectivity index (χ0v) is 27.3. The van der Waals surface area contributed by atoms with Gasteiger partial charge >= 0.3 is 0 Å². The Balaban J connectivity index is 1.15. The lowest BCUT2D eigenvalue weighted by molar-refractivity contribution is 0.670. The van der Waals surface area contributed by atoms with E-state index in [0.29, 0.717) is 0 Å². The van der Waals surface area contributed by atoms with Gasteiger partial charge in [-0.25, -0.2) is 0 Å². The molecule has 10 aromatic rings. The van der Waals surface area contributed by atoms with Crippen molar-refractivity contribution >= 4 is 81.3 Å². The van der Waals surface area contributed by atoms with Gasteiger partial charge in [-0.3, -0.25) is 0 Å². The van der Waals surface area contributed by atoms with Crippen LogP contribution >= 0.6 is 11.3 Å². The van der Waals surface area contributed by atoms with Crippen molar-refractivity contribution in [1.29, 1.82) is 0 Å². The number of fused-ring (bicyclic) bond motifs is 8. The SMILES string of the molecule is c1ccc(-c2ccc3sc4c(ccc5cccc(N(c6ccccc6)c6ccc(-c7cccc8c7oc7ccccc78)cc6)c54)c3c2)cc1. The number of furan rings is 1. The van der Waals surface area contributed by atoms with Gasteiger partial charge in [0.25, 0.3) is 0 Å². The first kappa shape index (κ1) is 27.9. The lowest BCUT2D eigenvalue weighted by Crippen LogP contribution is -2.10. The third kappa shape index (κ3) is 4.55. The highest BCUT2D eigenvalue weighted by Crippen LogP contribution is 2.46. The molecule has 0 unspecified atom stereocenters. The monoisotopic (exact) mass is 643 g/mol. The molecule has 0 amide bonds. The van der Waals surface area contributed by atoms with Gasteiger partial charge in [0.15, 0.2) is 0 Å². The summed E-state index contributed by atoms with van der Waals surface area (Å²) in [7, 11) is 0. The molecule has 0 radical (unpaired) electrons. The normalized spacial score (nSPS) is 11.7. The first-order valence-corrected chi connectivity index (χ1v) is 17.4. The van der Waals surface area contributed by atoms with Gasteiger partial charge in [-0.1, -0.05) is 127 Å². The van der Waals surface area contributed by atoms with E-state index in [2.05, 4.69) is 169 Å². The molecule has 10 rings (SSSR count). The van der Waals surface area contributed by atoms with E-state index in [0.717, 1.165) is 50.1 Å². The van der Waals surface area contributed by atoms with Crippen LogP contribution in [0.15, 0.2) is 180 Å². The Labute approximate surface area is 287 Å². The molecule has 0 aliphatic heterocycles. The van der Waals surface area contributed by atoms with Gasteiger partial charge in [-0.2, -0.15) is 0 Å². The molecule has 0 saturated heterocycles. The lowest BCUT2D eigenvalue weighted by atomic mass is 10.00. The molecule has 2 heterocycles. The molecule has 2 nitrogen and oxygen atoms in total. The highest BCUT2D eigenvalue weighted by atomic mass is 32.1. The fraction of sp³-hybridized carbons (Fsp3) is 0. The Morgan fingerprint density at radius 2 is 1.16 bits per heavy atom. The molecule has 49 heavy (non-hydrogen) atoms. The van der Waals surface area contributed by atoms with Crippen molar-refractivity contribution in [2.24, 2.45) is 0 Å². The molecule has 0 aliphatic carbocycles. The Hall–Kier alpha value is -6.16. The van der Waals surface area contributed by atoms with Crippen LogP contribution < -0.4 is 4.90 Å². The number of hydrogen-bond acceptors (Lipinski definition) is 3. The van der Waals surface area contributed by atoms with Crippen molar-refractivity contribution in [3.05, 3.63) is 176 Å². The van der Waals surface area contributed by atoms with E-state index in [4.69, 9.17) is 4.42 Å². The first-order chi connectivity index (χ1) is 24.3. The first-order valence-electron chi connectivity index (χ1n) is 16.6. The molecule has 230 valence electrons. The Morgan fingerprint density at radius 1 is 0.449 bits per heavy atom. The quantitative estimate of drug-likeness (QED) is 0.186. The number of hydrogen-bond donors (Lipinski definition) is 0. The summed E-state index contributed by atoms with van der Waals surface area (Å²) >= 11 is 1.88. The summed E-state index contributed by atoms with van der Waals surface area (Å²) in [5.41, 5.74) is 9.92. The van der Waals surface area contributed by atoms with E-state index in [1.165, 1.54) is 42.1 Å². The van der Waals surface area contributed by atoms with Crippen LogP contribution in [0.2, 0.25) is 0 Å². The van der Waals surface area contributed by atoms with Crippen LogP contribution in [0.3, 0.4) is 0 Å². The molecule has 2 aromatic heterocycles. The summed E-state index contributed by atoms with van der Waals surface area (Å²) < 4.78 is 9.00. The summed E-state index contributed by atoms with van der Waals surface area (Å²) in [6.07, 6.45) is 0. The topological polar surface area (TPSA) is 16.4 Å². The molecule has 8 aromatic carbocycles.